The van der Waals surface area contributed by atoms with Crippen LogP contribution in [0.3, 0.4) is 0 Å². The molecule has 2 aliphatic rings. The predicted molar refractivity (Wildman–Crippen MR) is 147 cm³/mol. The van der Waals surface area contributed by atoms with Crippen LogP contribution in [-0.4, -0.2) is 69.2 Å². The van der Waals surface area contributed by atoms with Crippen molar-refractivity contribution in [3.8, 4) is 0 Å². The second-order valence-corrected chi connectivity index (χ2v) is 13.3. The van der Waals surface area contributed by atoms with Crippen LogP contribution in [-0.2, 0) is 19.1 Å². The van der Waals surface area contributed by atoms with Gasteiger partial charge < -0.3 is 9.47 Å². The maximum Gasteiger partial charge on any atom is 0.306 e. The molecule has 0 bridgehead atoms. The third-order valence-corrected chi connectivity index (χ3v) is 8.06. The van der Waals surface area contributed by atoms with Crippen molar-refractivity contribution in [2.75, 3.05) is 13.1 Å². The van der Waals surface area contributed by atoms with E-state index in [2.05, 4.69) is 78.3 Å². The fourth-order valence-corrected chi connectivity index (χ4v) is 6.89. The molecule has 2 rings (SSSR count). The van der Waals surface area contributed by atoms with Crippen LogP contribution in [0.1, 0.15) is 107 Å². The van der Waals surface area contributed by atoms with E-state index in [1.54, 1.807) is 0 Å². The zero-order valence-corrected chi connectivity index (χ0v) is 24.3. The average molecular weight is 505 g/mol. The van der Waals surface area contributed by atoms with Gasteiger partial charge in [0.1, 0.15) is 12.2 Å². The molecule has 0 amide bonds. The highest BCUT2D eigenvalue weighted by Gasteiger charge is 2.47. The largest absolute Gasteiger partial charge is 0.462 e. The summed E-state index contributed by atoms with van der Waals surface area (Å²) in [6, 6.07) is 0. The van der Waals surface area contributed by atoms with Gasteiger partial charge in [-0.1, -0.05) is 12.2 Å². The van der Waals surface area contributed by atoms with Gasteiger partial charge in [-0.25, -0.2) is 0 Å². The number of carbonyl (C=O) groups is 2. The highest BCUT2D eigenvalue weighted by molar-refractivity contribution is 5.71. The highest BCUT2D eigenvalue weighted by atomic mass is 16.5. The Morgan fingerprint density at radius 1 is 0.667 bits per heavy atom. The molecule has 6 nitrogen and oxygen atoms in total. The lowest BCUT2D eigenvalue weighted by Gasteiger charge is -2.54. The van der Waals surface area contributed by atoms with E-state index in [0.29, 0.717) is 25.7 Å². The van der Waals surface area contributed by atoms with Crippen molar-refractivity contribution in [1.29, 1.82) is 0 Å². The van der Waals surface area contributed by atoms with Gasteiger partial charge in [0.2, 0.25) is 0 Å². The van der Waals surface area contributed by atoms with Crippen molar-refractivity contribution < 1.29 is 19.1 Å². The van der Waals surface area contributed by atoms with Crippen LogP contribution in [0, 0.1) is 0 Å². The summed E-state index contributed by atoms with van der Waals surface area (Å²) in [5, 5.41) is 0. The first-order valence-electron chi connectivity index (χ1n) is 13.7. The number of unbranched alkanes of at least 4 members (excludes halogenated alkanes) is 1. The van der Waals surface area contributed by atoms with Crippen LogP contribution in [0.2, 0.25) is 0 Å². The second-order valence-electron chi connectivity index (χ2n) is 13.3. The molecule has 6 heteroatoms. The third-order valence-electron chi connectivity index (χ3n) is 8.06. The number of carbonyl (C=O) groups excluding carboxylic acids is 2. The molecule has 0 saturated carbocycles. The molecule has 0 radical (unpaired) electrons. The van der Waals surface area contributed by atoms with Crippen LogP contribution in [0.5, 0.6) is 0 Å². The van der Waals surface area contributed by atoms with Gasteiger partial charge in [0, 0.05) is 73.8 Å². The van der Waals surface area contributed by atoms with Crippen LogP contribution in [0.4, 0.5) is 0 Å². The van der Waals surface area contributed by atoms with Crippen LogP contribution in [0.15, 0.2) is 25.3 Å². The molecule has 0 spiro atoms. The Bertz CT molecular complexity index is 697. The van der Waals surface area contributed by atoms with Crippen LogP contribution in [0.25, 0.3) is 0 Å². The Morgan fingerprint density at radius 2 is 0.944 bits per heavy atom. The minimum absolute atomic E-state index is 0.0738. The van der Waals surface area contributed by atoms with Gasteiger partial charge >= 0.3 is 11.9 Å². The number of likely N-dealkylation sites (tertiary alicyclic amines) is 2. The maximum atomic E-state index is 12.5. The molecule has 2 fully saturated rings. The third kappa shape index (κ3) is 7.92. The summed E-state index contributed by atoms with van der Waals surface area (Å²) in [4.78, 5) is 30.0. The second kappa shape index (κ2) is 11.8. The van der Waals surface area contributed by atoms with Gasteiger partial charge in [-0.15, -0.1) is 13.2 Å². The highest BCUT2D eigenvalue weighted by Crippen LogP contribution is 2.40. The number of rotatable bonds is 11. The first-order chi connectivity index (χ1) is 16.5. The normalized spacial score (nSPS) is 24.1. The molecule has 206 valence electrons. The van der Waals surface area contributed by atoms with Crippen molar-refractivity contribution in [2.24, 2.45) is 0 Å². The van der Waals surface area contributed by atoms with Gasteiger partial charge in [-0.2, -0.15) is 0 Å². The van der Waals surface area contributed by atoms with E-state index in [1.165, 1.54) is 0 Å². The van der Waals surface area contributed by atoms with Gasteiger partial charge in [0.25, 0.3) is 0 Å². The summed E-state index contributed by atoms with van der Waals surface area (Å²) < 4.78 is 11.7. The number of esters is 2. The predicted octanol–water partition coefficient (Wildman–Crippen LogP) is 6.05. The molecular weight excluding hydrogens is 452 g/mol. The van der Waals surface area contributed by atoms with Crippen molar-refractivity contribution >= 4 is 11.9 Å². The number of hydrogen-bond donors (Lipinski definition) is 0. The van der Waals surface area contributed by atoms with Gasteiger partial charge in [-0.3, -0.25) is 19.4 Å². The lowest BCUT2D eigenvalue weighted by atomic mass is 9.78. The van der Waals surface area contributed by atoms with E-state index in [1.807, 2.05) is 12.2 Å². The molecule has 0 aromatic heterocycles. The number of hydrogen-bond acceptors (Lipinski definition) is 6. The maximum absolute atomic E-state index is 12.5. The van der Waals surface area contributed by atoms with E-state index >= 15 is 0 Å². The molecular formula is C30H52N2O4. The van der Waals surface area contributed by atoms with E-state index in [-0.39, 0.29) is 46.3 Å². The number of piperidine rings is 2. The topological polar surface area (TPSA) is 59.1 Å². The lowest BCUT2D eigenvalue weighted by molar-refractivity contribution is -0.162. The molecule has 0 atom stereocenters. The van der Waals surface area contributed by atoms with E-state index in [9.17, 15) is 9.59 Å². The Balaban J connectivity index is 1.76. The molecule has 2 saturated heterocycles. The van der Waals surface area contributed by atoms with Crippen molar-refractivity contribution in [1.82, 2.24) is 9.80 Å². The quantitative estimate of drug-likeness (QED) is 0.194. The lowest BCUT2D eigenvalue weighted by Crippen LogP contribution is -2.62. The van der Waals surface area contributed by atoms with E-state index in [4.69, 9.17) is 9.47 Å². The first kappa shape index (κ1) is 30.6. The van der Waals surface area contributed by atoms with Crippen molar-refractivity contribution in [3.63, 3.8) is 0 Å². The smallest absolute Gasteiger partial charge is 0.306 e. The van der Waals surface area contributed by atoms with Gasteiger partial charge in [0.15, 0.2) is 0 Å². The van der Waals surface area contributed by atoms with E-state index in [0.717, 1.165) is 38.8 Å². The zero-order chi connectivity index (χ0) is 27.4. The SMILES string of the molecule is C=CCN1C(C)(C)CC(OC(=O)CCCCC(=O)OC2CC(C)(C)N(CC=C)C(C)(C)C2)CC1(C)C. The van der Waals surface area contributed by atoms with Gasteiger partial charge in [0.05, 0.1) is 0 Å². The Hall–Kier alpha value is -1.66. The van der Waals surface area contributed by atoms with Gasteiger partial charge in [-0.05, 0) is 68.2 Å². The molecule has 0 aromatic rings. The van der Waals surface area contributed by atoms with E-state index < -0.39 is 0 Å². The fourth-order valence-electron chi connectivity index (χ4n) is 6.89. The molecule has 2 heterocycles. The Morgan fingerprint density at radius 3 is 1.19 bits per heavy atom. The minimum Gasteiger partial charge on any atom is -0.462 e. The molecule has 36 heavy (non-hydrogen) atoms. The molecule has 2 aliphatic heterocycles. The first-order valence-corrected chi connectivity index (χ1v) is 13.7. The average Bonchev–Trinajstić information content (AvgIpc) is 2.69. The van der Waals surface area contributed by atoms with Crippen molar-refractivity contribution in [2.45, 2.75) is 141 Å². The summed E-state index contributed by atoms with van der Waals surface area (Å²) >= 11 is 0. The number of ether oxygens (including phenoxy) is 2. The van der Waals surface area contributed by atoms with Crippen LogP contribution >= 0.6 is 0 Å². The summed E-state index contributed by atoms with van der Waals surface area (Å²) in [7, 11) is 0. The zero-order valence-electron chi connectivity index (χ0n) is 24.3. The van der Waals surface area contributed by atoms with Crippen molar-refractivity contribution in [3.05, 3.63) is 25.3 Å². The summed E-state index contributed by atoms with van der Waals surface area (Å²) in [6.45, 7) is 27.1. The Kier molecular flexibility index (Phi) is 10.0. The number of nitrogens with zero attached hydrogens (tertiary/aromatic N) is 2. The van der Waals surface area contributed by atoms with Crippen LogP contribution < -0.4 is 0 Å². The Labute approximate surface area is 220 Å². The molecule has 0 N–H and O–H groups in total. The summed E-state index contributed by atoms with van der Waals surface area (Å²) in [5.74, 6) is -0.342. The summed E-state index contributed by atoms with van der Waals surface area (Å²) in [5.41, 5.74) is -0.295. The fraction of sp³-hybridized carbons (Fsp3) is 0.800. The monoisotopic (exact) mass is 504 g/mol. The summed E-state index contributed by atoms with van der Waals surface area (Å²) in [6.07, 6.45) is 8.85. The molecule has 0 aliphatic carbocycles. The molecule has 0 unspecified atom stereocenters. The molecule has 0 aromatic carbocycles. The standard InChI is InChI=1S/C30H52N2O4/c1-11-17-31-27(3,4)19-23(20-28(31,5)6)35-25(33)15-13-14-16-26(34)36-24-21-29(7,8)32(18-12-2)30(9,10)22-24/h11-12,23-24H,1-2,13-22H2,3-10H3. The minimum atomic E-state index is -0.171.